The van der Waals surface area contributed by atoms with Crippen LogP contribution in [-0.2, 0) is 4.74 Å². The predicted octanol–water partition coefficient (Wildman–Crippen LogP) is 3.39. The van der Waals surface area contributed by atoms with Gasteiger partial charge in [0.05, 0.1) is 12.7 Å². The normalized spacial score (nSPS) is 11.0. The SMILES string of the molecule is COC(=O)c1ccc2c(c1)Oc1c(C#N)c(F)c(F)c(C#N)c1O2. The quantitative estimate of drug-likeness (QED) is 0.636. The second kappa shape index (κ2) is 5.52. The van der Waals surface area contributed by atoms with Gasteiger partial charge in [0.25, 0.3) is 0 Å². The van der Waals surface area contributed by atoms with Gasteiger partial charge in [-0.15, -0.1) is 0 Å². The second-order valence-corrected chi connectivity index (χ2v) is 4.62. The van der Waals surface area contributed by atoms with Gasteiger partial charge in [-0.3, -0.25) is 0 Å². The van der Waals surface area contributed by atoms with E-state index in [1.54, 1.807) is 0 Å². The number of rotatable bonds is 1. The Hall–Kier alpha value is -3.65. The molecule has 0 unspecified atom stereocenters. The lowest BCUT2D eigenvalue weighted by Crippen LogP contribution is -2.09. The van der Waals surface area contributed by atoms with E-state index in [0.29, 0.717) is 0 Å². The third-order valence-corrected chi connectivity index (χ3v) is 3.30. The second-order valence-electron chi connectivity index (χ2n) is 4.62. The molecule has 1 heterocycles. The van der Waals surface area contributed by atoms with Crippen LogP contribution in [0.15, 0.2) is 18.2 Å². The number of hydrogen-bond donors (Lipinski definition) is 0. The van der Waals surface area contributed by atoms with Gasteiger partial charge in [0, 0.05) is 0 Å². The first kappa shape index (κ1) is 15.3. The average molecular weight is 328 g/mol. The number of halogens is 2. The minimum atomic E-state index is -1.51. The molecule has 0 saturated heterocycles. The fourth-order valence-corrected chi connectivity index (χ4v) is 2.18. The standard InChI is InChI=1S/C16H6F2N2O4/c1-22-16(21)7-2-3-10-11(4-7)24-15-9(6-20)13(18)12(17)8(5-19)14(15)23-10/h2-4H,1H3. The molecule has 0 bridgehead atoms. The average Bonchev–Trinajstić information content (AvgIpc) is 2.60. The molecule has 24 heavy (non-hydrogen) atoms. The lowest BCUT2D eigenvalue weighted by Gasteiger charge is -2.23. The molecule has 0 aromatic heterocycles. The third kappa shape index (κ3) is 2.09. The summed E-state index contributed by atoms with van der Waals surface area (Å²) < 4.78 is 43.2. The highest BCUT2D eigenvalue weighted by atomic mass is 19.2. The maximum atomic E-state index is 13.9. The molecule has 0 spiro atoms. The molecule has 0 aliphatic carbocycles. The van der Waals surface area contributed by atoms with Crippen LogP contribution < -0.4 is 9.47 Å². The van der Waals surface area contributed by atoms with E-state index in [9.17, 15) is 13.6 Å². The van der Waals surface area contributed by atoms with Crippen molar-refractivity contribution < 1.29 is 27.8 Å². The Balaban J connectivity index is 2.21. The Kier molecular flexibility index (Phi) is 3.51. The van der Waals surface area contributed by atoms with E-state index in [4.69, 9.17) is 20.0 Å². The van der Waals surface area contributed by atoms with E-state index in [-0.39, 0.29) is 17.1 Å². The summed E-state index contributed by atoms with van der Waals surface area (Å²) in [4.78, 5) is 11.5. The van der Waals surface area contributed by atoms with Crippen LogP contribution in [-0.4, -0.2) is 13.1 Å². The highest BCUT2D eigenvalue weighted by Crippen LogP contribution is 2.50. The maximum absolute atomic E-state index is 13.9. The fourth-order valence-electron chi connectivity index (χ4n) is 2.18. The van der Waals surface area contributed by atoms with Gasteiger partial charge in [0.2, 0.25) is 0 Å². The Morgan fingerprint density at radius 1 is 1.04 bits per heavy atom. The molecular formula is C16H6F2N2O4. The minimum Gasteiger partial charge on any atom is -0.465 e. The van der Waals surface area contributed by atoms with Gasteiger partial charge < -0.3 is 14.2 Å². The number of nitriles is 2. The van der Waals surface area contributed by atoms with Gasteiger partial charge in [-0.05, 0) is 18.2 Å². The van der Waals surface area contributed by atoms with Crippen LogP contribution in [0.2, 0.25) is 0 Å². The van der Waals surface area contributed by atoms with Crippen LogP contribution in [0.4, 0.5) is 8.78 Å². The Labute approximate surface area is 134 Å². The van der Waals surface area contributed by atoms with Gasteiger partial charge >= 0.3 is 5.97 Å². The van der Waals surface area contributed by atoms with Crippen LogP contribution in [0.3, 0.4) is 0 Å². The van der Waals surface area contributed by atoms with Crippen molar-refractivity contribution in [2.45, 2.75) is 0 Å². The van der Waals surface area contributed by atoms with Crippen molar-refractivity contribution >= 4 is 5.97 Å². The summed E-state index contributed by atoms with van der Waals surface area (Å²) in [5.41, 5.74) is -1.33. The topological polar surface area (TPSA) is 92.3 Å². The van der Waals surface area contributed by atoms with E-state index in [1.165, 1.54) is 37.4 Å². The lowest BCUT2D eigenvalue weighted by atomic mass is 10.1. The van der Waals surface area contributed by atoms with Crippen LogP contribution in [0.1, 0.15) is 21.5 Å². The molecule has 2 aromatic carbocycles. The van der Waals surface area contributed by atoms with Crippen molar-refractivity contribution in [3.8, 4) is 35.1 Å². The zero-order chi connectivity index (χ0) is 17.4. The van der Waals surface area contributed by atoms with Crippen molar-refractivity contribution in [2.24, 2.45) is 0 Å². The number of hydrogen-bond acceptors (Lipinski definition) is 6. The summed E-state index contributed by atoms with van der Waals surface area (Å²) in [5.74, 6) is -4.40. The lowest BCUT2D eigenvalue weighted by molar-refractivity contribution is 0.0600. The van der Waals surface area contributed by atoms with Gasteiger partial charge in [-0.1, -0.05) is 0 Å². The Morgan fingerprint density at radius 2 is 1.58 bits per heavy atom. The summed E-state index contributed by atoms with van der Waals surface area (Å²) in [6, 6.07) is 6.94. The number of fused-ring (bicyclic) bond motifs is 2. The minimum absolute atomic E-state index is 0.00296. The highest BCUT2D eigenvalue weighted by Gasteiger charge is 2.32. The van der Waals surface area contributed by atoms with Gasteiger partial charge in [0.1, 0.15) is 23.3 Å². The van der Waals surface area contributed by atoms with E-state index in [0.717, 1.165) is 0 Å². The largest absolute Gasteiger partial charge is 0.465 e. The molecule has 118 valence electrons. The monoisotopic (exact) mass is 328 g/mol. The molecule has 2 aromatic rings. The fraction of sp³-hybridized carbons (Fsp3) is 0.0625. The summed E-state index contributed by atoms with van der Waals surface area (Å²) in [7, 11) is 1.19. The van der Waals surface area contributed by atoms with Crippen molar-refractivity contribution in [1.82, 2.24) is 0 Å². The van der Waals surface area contributed by atoms with Gasteiger partial charge in [-0.25, -0.2) is 13.6 Å². The van der Waals surface area contributed by atoms with Crippen molar-refractivity contribution in [1.29, 1.82) is 10.5 Å². The number of carbonyl (C=O) groups is 1. The molecule has 0 saturated carbocycles. The Morgan fingerprint density at radius 3 is 2.08 bits per heavy atom. The zero-order valence-corrected chi connectivity index (χ0v) is 12.0. The van der Waals surface area contributed by atoms with E-state index < -0.39 is 40.2 Å². The van der Waals surface area contributed by atoms with Gasteiger partial charge in [-0.2, -0.15) is 10.5 Å². The highest BCUT2D eigenvalue weighted by molar-refractivity contribution is 5.90. The Bertz CT molecular complexity index is 974. The van der Waals surface area contributed by atoms with E-state index in [2.05, 4.69) is 4.74 Å². The molecule has 8 heteroatoms. The first-order valence-corrected chi connectivity index (χ1v) is 6.45. The molecule has 6 nitrogen and oxygen atoms in total. The third-order valence-electron chi connectivity index (χ3n) is 3.30. The number of methoxy groups -OCH3 is 1. The zero-order valence-electron chi connectivity index (χ0n) is 12.0. The molecule has 1 aliphatic rings. The predicted molar refractivity (Wildman–Crippen MR) is 73.7 cm³/mol. The molecule has 0 fully saturated rings. The molecule has 3 rings (SSSR count). The van der Waals surface area contributed by atoms with Crippen LogP contribution in [0, 0.1) is 34.3 Å². The molecule has 0 amide bonds. The smallest absolute Gasteiger partial charge is 0.337 e. The van der Waals surface area contributed by atoms with E-state index in [1.807, 2.05) is 0 Å². The number of benzene rings is 2. The molecule has 0 N–H and O–H groups in total. The van der Waals surface area contributed by atoms with Crippen LogP contribution in [0.25, 0.3) is 0 Å². The van der Waals surface area contributed by atoms with Crippen molar-refractivity contribution in [2.75, 3.05) is 7.11 Å². The number of carbonyl (C=O) groups excluding carboxylic acids is 1. The summed E-state index contributed by atoms with van der Waals surface area (Å²) in [6.07, 6.45) is 0. The number of esters is 1. The number of nitrogens with zero attached hydrogens (tertiary/aromatic N) is 2. The van der Waals surface area contributed by atoms with E-state index >= 15 is 0 Å². The molecule has 0 atom stereocenters. The van der Waals surface area contributed by atoms with Crippen LogP contribution in [0.5, 0.6) is 23.0 Å². The maximum Gasteiger partial charge on any atom is 0.337 e. The first-order chi connectivity index (χ1) is 11.5. The van der Waals surface area contributed by atoms with Crippen molar-refractivity contribution in [3.05, 3.63) is 46.5 Å². The summed E-state index contributed by atoms with van der Waals surface area (Å²) in [6.45, 7) is 0. The van der Waals surface area contributed by atoms with Gasteiger partial charge in [0.15, 0.2) is 34.6 Å². The molecular weight excluding hydrogens is 322 g/mol. The summed E-state index contributed by atoms with van der Waals surface area (Å²) in [5, 5.41) is 18.1. The van der Waals surface area contributed by atoms with Crippen LogP contribution >= 0.6 is 0 Å². The summed E-state index contributed by atoms with van der Waals surface area (Å²) >= 11 is 0. The molecule has 1 aliphatic heterocycles. The number of ether oxygens (including phenoxy) is 3. The first-order valence-electron chi connectivity index (χ1n) is 6.45. The molecule has 0 radical (unpaired) electrons. The van der Waals surface area contributed by atoms with Crippen molar-refractivity contribution in [3.63, 3.8) is 0 Å².